The SMILES string of the molecule is Cc1ccc2c(c1)[C@@H]1CN(C)CCC[C@@H]1N2Cc1ccncc1. The molecule has 0 spiro atoms. The first kappa shape index (κ1) is 14.7. The third-order valence-corrected chi connectivity index (χ3v) is 5.41. The first-order chi connectivity index (χ1) is 11.2. The van der Waals surface area contributed by atoms with Gasteiger partial charge in [0, 0.05) is 43.1 Å². The molecule has 120 valence electrons. The number of anilines is 1. The van der Waals surface area contributed by atoms with Crippen LogP contribution in [0.15, 0.2) is 42.7 Å². The number of hydrogen-bond acceptors (Lipinski definition) is 3. The number of hydrogen-bond donors (Lipinski definition) is 0. The largest absolute Gasteiger partial charge is 0.363 e. The number of likely N-dealkylation sites (N-methyl/N-ethyl adjacent to an activating group) is 1. The van der Waals surface area contributed by atoms with Gasteiger partial charge in [-0.2, -0.15) is 0 Å². The molecule has 1 saturated heterocycles. The summed E-state index contributed by atoms with van der Waals surface area (Å²) in [4.78, 5) is 9.31. The first-order valence-electron chi connectivity index (χ1n) is 8.67. The minimum absolute atomic E-state index is 0.630. The van der Waals surface area contributed by atoms with Crippen molar-refractivity contribution in [2.75, 3.05) is 25.0 Å². The summed E-state index contributed by atoms with van der Waals surface area (Å²) >= 11 is 0. The summed E-state index contributed by atoms with van der Waals surface area (Å²) in [5.74, 6) is 0.638. The summed E-state index contributed by atoms with van der Waals surface area (Å²) in [5.41, 5.74) is 5.72. The van der Waals surface area contributed by atoms with E-state index in [0.717, 1.165) is 6.54 Å². The highest BCUT2D eigenvalue weighted by Crippen LogP contribution is 2.45. The van der Waals surface area contributed by atoms with E-state index in [1.54, 1.807) is 5.56 Å². The van der Waals surface area contributed by atoms with Gasteiger partial charge in [-0.1, -0.05) is 17.7 Å². The Morgan fingerprint density at radius 1 is 1.17 bits per heavy atom. The summed E-state index contributed by atoms with van der Waals surface area (Å²) in [7, 11) is 2.27. The van der Waals surface area contributed by atoms with Crippen LogP contribution in [0.1, 0.15) is 35.4 Å². The molecule has 1 aromatic heterocycles. The third kappa shape index (κ3) is 2.74. The molecule has 4 rings (SSSR count). The monoisotopic (exact) mass is 307 g/mol. The lowest BCUT2D eigenvalue weighted by atomic mass is 9.92. The van der Waals surface area contributed by atoms with Crippen LogP contribution in [0.25, 0.3) is 0 Å². The topological polar surface area (TPSA) is 19.4 Å². The van der Waals surface area contributed by atoms with Gasteiger partial charge in [0.15, 0.2) is 0 Å². The van der Waals surface area contributed by atoms with Crippen molar-refractivity contribution in [3.63, 3.8) is 0 Å². The van der Waals surface area contributed by atoms with Crippen molar-refractivity contribution in [1.29, 1.82) is 0 Å². The van der Waals surface area contributed by atoms with Gasteiger partial charge in [0.1, 0.15) is 0 Å². The van der Waals surface area contributed by atoms with Crippen LogP contribution in [0.3, 0.4) is 0 Å². The Hall–Kier alpha value is -1.87. The predicted molar refractivity (Wildman–Crippen MR) is 94.9 cm³/mol. The third-order valence-electron chi connectivity index (χ3n) is 5.41. The van der Waals surface area contributed by atoms with Gasteiger partial charge >= 0.3 is 0 Å². The van der Waals surface area contributed by atoms with Crippen LogP contribution in [-0.2, 0) is 6.54 Å². The van der Waals surface area contributed by atoms with E-state index in [1.807, 2.05) is 12.4 Å². The highest BCUT2D eigenvalue weighted by molar-refractivity contribution is 5.63. The van der Waals surface area contributed by atoms with Crippen molar-refractivity contribution in [2.45, 2.75) is 38.3 Å². The van der Waals surface area contributed by atoms with E-state index in [1.165, 1.54) is 42.7 Å². The fourth-order valence-corrected chi connectivity index (χ4v) is 4.30. The molecule has 0 N–H and O–H groups in total. The van der Waals surface area contributed by atoms with E-state index in [2.05, 4.69) is 59.1 Å². The maximum atomic E-state index is 4.16. The molecule has 2 atom stereocenters. The standard InChI is InChI=1S/C20H25N3/c1-15-5-6-20-17(12-15)18-14-22(2)11-3-4-19(18)23(20)13-16-7-9-21-10-8-16/h5-10,12,18-19H,3-4,11,13-14H2,1-2H3/t18-,19-/m0/s1. The molecule has 0 saturated carbocycles. The molecule has 0 unspecified atom stereocenters. The first-order valence-corrected chi connectivity index (χ1v) is 8.67. The predicted octanol–water partition coefficient (Wildman–Crippen LogP) is 3.59. The van der Waals surface area contributed by atoms with Crippen LogP contribution in [-0.4, -0.2) is 36.1 Å². The molecule has 1 aromatic carbocycles. The fourth-order valence-electron chi connectivity index (χ4n) is 4.30. The maximum Gasteiger partial charge on any atom is 0.0434 e. The second-order valence-corrected chi connectivity index (χ2v) is 7.12. The zero-order chi connectivity index (χ0) is 15.8. The smallest absolute Gasteiger partial charge is 0.0434 e. The lowest BCUT2D eigenvalue weighted by Crippen LogP contribution is -2.35. The van der Waals surface area contributed by atoms with Crippen molar-refractivity contribution in [3.8, 4) is 0 Å². The van der Waals surface area contributed by atoms with Crippen LogP contribution in [0.4, 0.5) is 5.69 Å². The summed E-state index contributed by atoms with van der Waals surface area (Å²) in [6.07, 6.45) is 6.38. The summed E-state index contributed by atoms with van der Waals surface area (Å²) in [6.45, 7) is 5.59. The van der Waals surface area contributed by atoms with Gasteiger partial charge in [0.05, 0.1) is 0 Å². The average Bonchev–Trinajstić information content (AvgIpc) is 2.70. The second-order valence-electron chi connectivity index (χ2n) is 7.12. The van der Waals surface area contributed by atoms with Crippen LogP contribution in [0.5, 0.6) is 0 Å². The molecule has 2 aliphatic rings. The maximum absolute atomic E-state index is 4.16. The Morgan fingerprint density at radius 2 is 2.00 bits per heavy atom. The lowest BCUT2D eigenvalue weighted by molar-refractivity contribution is 0.330. The number of rotatable bonds is 2. The highest BCUT2D eigenvalue weighted by atomic mass is 15.2. The van der Waals surface area contributed by atoms with E-state index in [-0.39, 0.29) is 0 Å². The van der Waals surface area contributed by atoms with E-state index < -0.39 is 0 Å². The molecule has 23 heavy (non-hydrogen) atoms. The number of aromatic nitrogens is 1. The zero-order valence-electron chi connectivity index (χ0n) is 14.1. The summed E-state index contributed by atoms with van der Waals surface area (Å²) in [5, 5.41) is 0. The molecule has 3 heterocycles. The Labute approximate surface area is 139 Å². The molecule has 0 aliphatic carbocycles. The summed E-state index contributed by atoms with van der Waals surface area (Å²) in [6, 6.07) is 11.9. The molecule has 0 amide bonds. The number of benzene rings is 1. The molecular formula is C20H25N3. The van der Waals surface area contributed by atoms with E-state index >= 15 is 0 Å². The molecule has 0 bridgehead atoms. The zero-order valence-corrected chi connectivity index (χ0v) is 14.1. The number of likely N-dealkylation sites (tertiary alicyclic amines) is 1. The number of nitrogens with zero attached hydrogens (tertiary/aromatic N) is 3. The molecular weight excluding hydrogens is 282 g/mol. The fraction of sp³-hybridized carbons (Fsp3) is 0.450. The van der Waals surface area contributed by atoms with Gasteiger partial charge in [-0.05, 0) is 62.7 Å². The molecule has 0 radical (unpaired) electrons. The Morgan fingerprint density at radius 3 is 2.83 bits per heavy atom. The van der Waals surface area contributed by atoms with Crippen LogP contribution >= 0.6 is 0 Å². The van der Waals surface area contributed by atoms with E-state index in [0.29, 0.717) is 12.0 Å². The quantitative estimate of drug-likeness (QED) is 0.845. The lowest BCUT2D eigenvalue weighted by Gasteiger charge is -2.29. The van der Waals surface area contributed by atoms with Crippen molar-refractivity contribution >= 4 is 5.69 Å². The van der Waals surface area contributed by atoms with Gasteiger partial charge in [0.2, 0.25) is 0 Å². The molecule has 2 aromatic rings. The van der Waals surface area contributed by atoms with Crippen molar-refractivity contribution in [1.82, 2.24) is 9.88 Å². The van der Waals surface area contributed by atoms with Crippen LogP contribution < -0.4 is 4.90 Å². The molecule has 3 nitrogen and oxygen atoms in total. The van der Waals surface area contributed by atoms with Gasteiger partial charge in [-0.3, -0.25) is 4.98 Å². The Bertz CT molecular complexity index is 683. The Balaban J connectivity index is 1.73. The number of pyridine rings is 1. The van der Waals surface area contributed by atoms with Gasteiger partial charge in [-0.25, -0.2) is 0 Å². The number of aryl methyl sites for hydroxylation is 1. The minimum atomic E-state index is 0.630. The minimum Gasteiger partial charge on any atom is -0.363 e. The van der Waals surface area contributed by atoms with E-state index in [9.17, 15) is 0 Å². The second kappa shape index (κ2) is 5.97. The molecule has 3 heteroatoms. The normalized spacial score (nSPS) is 24.2. The molecule has 1 fully saturated rings. The van der Waals surface area contributed by atoms with Crippen molar-refractivity contribution in [3.05, 3.63) is 59.4 Å². The Kier molecular flexibility index (Phi) is 3.82. The van der Waals surface area contributed by atoms with Crippen molar-refractivity contribution < 1.29 is 0 Å². The average molecular weight is 307 g/mol. The van der Waals surface area contributed by atoms with Crippen molar-refractivity contribution in [2.24, 2.45) is 0 Å². The van der Waals surface area contributed by atoms with Gasteiger partial charge in [0.25, 0.3) is 0 Å². The van der Waals surface area contributed by atoms with Gasteiger partial charge in [-0.15, -0.1) is 0 Å². The van der Waals surface area contributed by atoms with Crippen LogP contribution in [0, 0.1) is 6.92 Å². The number of fused-ring (bicyclic) bond motifs is 3. The highest BCUT2D eigenvalue weighted by Gasteiger charge is 2.39. The van der Waals surface area contributed by atoms with E-state index in [4.69, 9.17) is 0 Å². The summed E-state index contributed by atoms with van der Waals surface area (Å²) < 4.78 is 0. The van der Waals surface area contributed by atoms with Gasteiger partial charge < -0.3 is 9.80 Å². The van der Waals surface area contributed by atoms with Crippen LogP contribution in [0.2, 0.25) is 0 Å². The molecule has 2 aliphatic heterocycles.